The smallest absolute Gasteiger partial charge is 0.115 e. The molecule has 2 rings (SSSR count). The molecule has 0 radical (unpaired) electrons. The zero-order valence-corrected chi connectivity index (χ0v) is 11.7. The Labute approximate surface area is 117 Å². The van der Waals surface area contributed by atoms with Gasteiger partial charge in [0.15, 0.2) is 0 Å². The average molecular weight is 281 g/mol. The first-order chi connectivity index (χ1) is 9.09. The number of rotatable bonds is 5. The van der Waals surface area contributed by atoms with Crippen LogP contribution in [0.5, 0.6) is 0 Å². The van der Waals surface area contributed by atoms with E-state index in [0.29, 0.717) is 5.02 Å². The van der Waals surface area contributed by atoms with E-state index in [9.17, 15) is 0 Å². The SMILES string of the molecule is CN(C)CCn1ncc(Cl)c1C(N)c1cncnc1. The van der Waals surface area contributed by atoms with Gasteiger partial charge in [-0.15, -0.1) is 0 Å². The Kier molecular flexibility index (Phi) is 4.47. The summed E-state index contributed by atoms with van der Waals surface area (Å²) in [5.74, 6) is 0. The summed E-state index contributed by atoms with van der Waals surface area (Å²) >= 11 is 6.19. The predicted molar refractivity (Wildman–Crippen MR) is 73.9 cm³/mol. The molecular weight excluding hydrogens is 264 g/mol. The van der Waals surface area contributed by atoms with Crippen LogP contribution >= 0.6 is 11.6 Å². The van der Waals surface area contributed by atoms with Crippen LogP contribution in [0.25, 0.3) is 0 Å². The van der Waals surface area contributed by atoms with Gasteiger partial charge in [-0.2, -0.15) is 5.10 Å². The maximum Gasteiger partial charge on any atom is 0.115 e. The van der Waals surface area contributed by atoms with Crippen LogP contribution in [0.2, 0.25) is 5.02 Å². The third kappa shape index (κ3) is 3.28. The highest BCUT2D eigenvalue weighted by molar-refractivity contribution is 6.31. The first-order valence-electron chi connectivity index (χ1n) is 5.96. The van der Waals surface area contributed by atoms with Crippen molar-refractivity contribution < 1.29 is 0 Å². The van der Waals surface area contributed by atoms with E-state index in [4.69, 9.17) is 17.3 Å². The third-order valence-electron chi connectivity index (χ3n) is 2.83. The summed E-state index contributed by atoms with van der Waals surface area (Å²) in [5, 5.41) is 4.84. The Hall–Kier alpha value is -1.50. The molecule has 0 aromatic carbocycles. The largest absolute Gasteiger partial charge is 0.319 e. The number of nitrogens with zero attached hydrogens (tertiary/aromatic N) is 5. The van der Waals surface area contributed by atoms with Gasteiger partial charge in [0, 0.05) is 24.5 Å². The summed E-state index contributed by atoms with van der Waals surface area (Å²) in [5.41, 5.74) is 7.84. The topological polar surface area (TPSA) is 72.9 Å². The summed E-state index contributed by atoms with van der Waals surface area (Å²) in [6.07, 6.45) is 6.48. The van der Waals surface area contributed by atoms with Crippen molar-refractivity contribution in [2.24, 2.45) is 5.73 Å². The van der Waals surface area contributed by atoms with Gasteiger partial charge in [-0.05, 0) is 14.1 Å². The zero-order chi connectivity index (χ0) is 13.8. The van der Waals surface area contributed by atoms with Crippen LogP contribution in [0.4, 0.5) is 0 Å². The van der Waals surface area contributed by atoms with Crippen molar-refractivity contribution in [2.45, 2.75) is 12.6 Å². The highest BCUT2D eigenvalue weighted by Gasteiger charge is 2.19. The normalized spacial score (nSPS) is 12.9. The molecule has 0 aliphatic rings. The molecule has 0 fully saturated rings. The minimum absolute atomic E-state index is 0.377. The number of likely N-dealkylation sites (N-methyl/N-ethyl adjacent to an activating group) is 1. The molecule has 2 heterocycles. The summed E-state index contributed by atoms with van der Waals surface area (Å²) in [4.78, 5) is 10.0. The zero-order valence-electron chi connectivity index (χ0n) is 11.0. The van der Waals surface area contributed by atoms with E-state index < -0.39 is 0 Å². The van der Waals surface area contributed by atoms with Crippen molar-refractivity contribution in [1.82, 2.24) is 24.6 Å². The van der Waals surface area contributed by atoms with Gasteiger partial charge in [0.25, 0.3) is 0 Å². The Morgan fingerprint density at radius 2 is 2.00 bits per heavy atom. The van der Waals surface area contributed by atoms with Gasteiger partial charge in [0.1, 0.15) is 6.33 Å². The summed E-state index contributed by atoms with van der Waals surface area (Å²) in [6.45, 7) is 1.60. The molecule has 19 heavy (non-hydrogen) atoms. The minimum atomic E-state index is -0.377. The van der Waals surface area contributed by atoms with Crippen LogP contribution in [-0.4, -0.2) is 45.3 Å². The Morgan fingerprint density at radius 3 is 2.63 bits per heavy atom. The van der Waals surface area contributed by atoms with Crippen LogP contribution < -0.4 is 5.73 Å². The Morgan fingerprint density at radius 1 is 1.32 bits per heavy atom. The molecule has 0 amide bonds. The molecule has 0 aliphatic heterocycles. The lowest BCUT2D eigenvalue weighted by Gasteiger charge is -2.16. The molecule has 0 saturated carbocycles. The molecule has 0 bridgehead atoms. The van der Waals surface area contributed by atoms with Gasteiger partial charge in [0.05, 0.1) is 29.5 Å². The second-order valence-electron chi connectivity index (χ2n) is 4.55. The van der Waals surface area contributed by atoms with Crippen LogP contribution in [0.1, 0.15) is 17.3 Å². The lowest BCUT2D eigenvalue weighted by molar-refractivity contribution is 0.368. The quantitative estimate of drug-likeness (QED) is 0.882. The fraction of sp³-hybridized carbons (Fsp3) is 0.417. The molecule has 2 aromatic heterocycles. The van der Waals surface area contributed by atoms with Crippen LogP contribution in [0, 0.1) is 0 Å². The molecule has 1 atom stereocenters. The van der Waals surface area contributed by atoms with Gasteiger partial charge in [-0.25, -0.2) is 9.97 Å². The summed E-state index contributed by atoms with van der Waals surface area (Å²) < 4.78 is 1.83. The van der Waals surface area contributed by atoms with Crippen molar-refractivity contribution in [3.05, 3.63) is 41.2 Å². The standard InChI is InChI=1S/C12H17ClN6/c1-18(2)3-4-19-12(10(13)7-17-19)11(14)9-5-15-8-16-6-9/h5-8,11H,3-4,14H2,1-2H3. The summed E-state index contributed by atoms with van der Waals surface area (Å²) in [6, 6.07) is -0.377. The molecule has 7 heteroatoms. The molecule has 6 nitrogen and oxygen atoms in total. The van der Waals surface area contributed by atoms with E-state index in [1.165, 1.54) is 6.33 Å². The molecule has 0 aliphatic carbocycles. The number of nitrogens with two attached hydrogens (primary N) is 1. The molecule has 2 N–H and O–H groups in total. The number of halogens is 1. The van der Waals surface area contributed by atoms with E-state index in [1.54, 1.807) is 18.6 Å². The third-order valence-corrected chi connectivity index (χ3v) is 3.12. The second kappa shape index (κ2) is 6.10. The lowest BCUT2D eigenvalue weighted by atomic mass is 10.1. The van der Waals surface area contributed by atoms with Gasteiger partial charge in [-0.3, -0.25) is 4.68 Å². The van der Waals surface area contributed by atoms with Crippen molar-refractivity contribution in [2.75, 3.05) is 20.6 Å². The van der Waals surface area contributed by atoms with Crippen LogP contribution in [0.3, 0.4) is 0 Å². The molecule has 102 valence electrons. The van der Waals surface area contributed by atoms with E-state index in [-0.39, 0.29) is 6.04 Å². The van der Waals surface area contributed by atoms with E-state index in [0.717, 1.165) is 24.3 Å². The molecule has 0 spiro atoms. The average Bonchev–Trinajstić information content (AvgIpc) is 2.78. The van der Waals surface area contributed by atoms with E-state index >= 15 is 0 Å². The minimum Gasteiger partial charge on any atom is -0.319 e. The van der Waals surface area contributed by atoms with Gasteiger partial charge in [0.2, 0.25) is 0 Å². The van der Waals surface area contributed by atoms with Crippen molar-refractivity contribution in [1.29, 1.82) is 0 Å². The van der Waals surface area contributed by atoms with Crippen molar-refractivity contribution in [3.8, 4) is 0 Å². The van der Waals surface area contributed by atoms with Gasteiger partial charge >= 0.3 is 0 Å². The fourth-order valence-corrected chi connectivity index (χ4v) is 2.04. The molecular formula is C12H17ClN6. The monoisotopic (exact) mass is 280 g/mol. The Balaban J connectivity index is 2.26. The van der Waals surface area contributed by atoms with Crippen LogP contribution in [-0.2, 0) is 6.54 Å². The lowest BCUT2D eigenvalue weighted by Crippen LogP contribution is -2.23. The van der Waals surface area contributed by atoms with Crippen molar-refractivity contribution in [3.63, 3.8) is 0 Å². The number of hydrogen-bond acceptors (Lipinski definition) is 5. The highest BCUT2D eigenvalue weighted by Crippen LogP contribution is 2.25. The van der Waals surface area contributed by atoms with Gasteiger partial charge in [-0.1, -0.05) is 11.6 Å². The van der Waals surface area contributed by atoms with E-state index in [1.807, 2.05) is 18.8 Å². The van der Waals surface area contributed by atoms with Gasteiger partial charge < -0.3 is 10.6 Å². The number of aromatic nitrogens is 4. The van der Waals surface area contributed by atoms with E-state index in [2.05, 4.69) is 20.0 Å². The number of hydrogen-bond donors (Lipinski definition) is 1. The molecule has 0 saturated heterocycles. The maximum atomic E-state index is 6.23. The first-order valence-corrected chi connectivity index (χ1v) is 6.34. The molecule has 1 unspecified atom stereocenters. The fourth-order valence-electron chi connectivity index (χ4n) is 1.78. The Bertz CT molecular complexity index is 524. The summed E-state index contributed by atoms with van der Waals surface area (Å²) in [7, 11) is 4.02. The van der Waals surface area contributed by atoms with Crippen LogP contribution in [0.15, 0.2) is 24.9 Å². The predicted octanol–water partition coefficient (Wildman–Crippen LogP) is 0.936. The maximum absolute atomic E-state index is 6.23. The molecule has 2 aromatic rings. The first kappa shape index (κ1) is 13.9. The second-order valence-corrected chi connectivity index (χ2v) is 4.96. The highest BCUT2D eigenvalue weighted by atomic mass is 35.5. The van der Waals surface area contributed by atoms with Crippen molar-refractivity contribution >= 4 is 11.6 Å².